The van der Waals surface area contributed by atoms with Crippen LogP contribution in [0.1, 0.15) is 43.5 Å². The maximum atomic E-state index is 12.0. The van der Waals surface area contributed by atoms with Gasteiger partial charge in [0.1, 0.15) is 0 Å². The number of fused-ring (bicyclic) bond motifs is 1. The molecule has 1 unspecified atom stereocenters. The molecule has 1 aliphatic heterocycles. The van der Waals surface area contributed by atoms with Crippen molar-refractivity contribution in [3.63, 3.8) is 0 Å². The van der Waals surface area contributed by atoms with E-state index in [4.69, 9.17) is 0 Å². The van der Waals surface area contributed by atoms with Gasteiger partial charge in [0.25, 0.3) is 5.56 Å². The molecule has 0 aromatic carbocycles. The Balaban J connectivity index is 2.09. The van der Waals surface area contributed by atoms with Crippen molar-refractivity contribution in [1.29, 1.82) is 0 Å². The average Bonchev–Trinajstić information content (AvgIpc) is 2.83. The van der Waals surface area contributed by atoms with Crippen molar-refractivity contribution in [1.82, 2.24) is 19.9 Å². The molecule has 5 nitrogen and oxygen atoms in total. The molecular weight excluding hydrogens is 228 g/mol. The van der Waals surface area contributed by atoms with Gasteiger partial charge in [0.2, 0.25) is 0 Å². The van der Waals surface area contributed by atoms with E-state index < -0.39 is 0 Å². The van der Waals surface area contributed by atoms with Gasteiger partial charge in [0.05, 0.1) is 5.69 Å². The Morgan fingerprint density at radius 2 is 2.39 bits per heavy atom. The number of nitrogens with one attached hydrogen (secondary N) is 2. The first-order chi connectivity index (χ1) is 8.79. The third-order valence-electron chi connectivity index (χ3n) is 3.64. The third kappa shape index (κ3) is 1.84. The molecule has 1 fully saturated rings. The number of aromatic nitrogens is 3. The smallest absolute Gasteiger partial charge is 0.272 e. The number of H-pyrrole nitrogens is 1. The fourth-order valence-corrected chi connectivity index (χ4v) is 2.59. The van der Waals surface area contributed by atoms with E-state index in [1.807, 2.05) is 6.20 Å². The first kappa shape index (κ1) is 11.5. The molecule has 0 amide bonds. The van der Waals surface area contributed by atoms with Gasteiger partial charge in [-0.3, -0.25) is 9.89 Å². The van der Waals surface area contributed by atoms with E-state index in [1.165, 1.54) is 17.4 Å². The van der Waals surface area contributed by atoms with Crippen molar-refractivity contribution in [2.45, 2.75) is 38.6 Å². The number of nitrogens with zero attached hydrogens (tertiary/aromatic N) is 2. The third-order valence-corrected chi connectivity index (χ3v) is 3.64. The highest BCUT2D eigenvalue weighted by Gasteiger charge is 2.18. The monoisotopic (exact) mass is 246 g/mol. The van der Waals surface area contributed by atoms with Crippen LogP contribution in [-0.4, -0.2) is 21.1 Å². The molecule has 0 aliphatic carbocycles. The standard InChI is InChI=1S/C13H18N4O/c1-2-9-8-15-17-12(18)7-11(16-13(9)17)10-5-3-4-6-14-10/h7-8,10,14-15H,2-6H2,1H3. The largest absolute Gasteiger partial charge is 0.309 e. The lowest BCUT2D eigenvalue weighted by atomic mass is 10.0. The molecule has 5 heteroatoms. The Morgan fingerprint density at radius 1 is 1.50 bits per heavy atom. The van der Waals surface area contributed by atoms with Crippen molar-refractivity contribution >= 4 is 5.65 Å². The molecule has 18 heavy (non-hydrogen) atoms. The summed E-state index contributed by atoms with van der Waals surface area (Å²) in [4.78, 5) is 16.7. The lowest BCUT2D eigenvalue weighted by Gasteiger charge is -2.22. The molecule has 96 valence electrons. The number of piperidine rings is 1. The molecule has 1 atom stereocenters. The number of aryl methyl sites for hydroxylation is 1. The zero-order valence-electron chi connectivity index (χ0n) is 10.6. The van der Waals surface area contributed by atoms with Crippen LogP contribution < -0.4 is 10.9 Å². The van der Waals surface area contributed by atoms with Gasteiger partial charge in [-0.2, -0.15) is 0 Å². The zero-order chi connectivity index (χ0) is 12.5. The Hall–Kier alpha value is -1.62. The zero-order valence-corrected chi connectivity index (χ0v) is 10.6. The second-order valence-electron chi connectivity index (χ2n) is 4.83. The second-order valence-corrected chi connectivity index (χ2v) is 4.83. The van der Waals surface area contributed by atoms with E-state index >= 15 is 0 Å². The summed E-state index contributed by atoms with van der Waals surface area (Å²) in [5.41, 5.74) is 2.72. The van der Waals surface area contributed by atoms with Crippen molar-refractivity contribution < 1.29 is 0 Å². The topological polar surface area (TPSA) is 62.2 Å². The predicted molar refractivity (Wildman–Crippen MR) is 69.8 cm³/mol. The van der Waals surface area contributed by atoms with Crippen LogP contribution in [-0.2, 0) is 6.42 Å². The maximum absolute atomic E-state index is 12.0. The number of rotatable bonds is 2. The highest BCUT2D eigenvalue weighted by molar-refractivity contribution is 5.46. The average molecular weight is 246 g/mol. The van der Waals surface area contributed by atoms with E-state index in [2.05, 4.69) is 22.3 Å². The van der Waals surface area contributed by atoms with Crippen LogP contribution in [0.2, 0.25) is 0 Å². The minimum atomic E-state index is -0.0259. The molecule has 0 bridgehead atoms. The van der Waals surface area contributed by atoms with Crippen LogP contribution in [0.4, 0.5) is 0 Å². The lowest BCUT2D eigenvalue weighted by molar-refractivity contribution is 0.405. The van der Waals surface area contributed by atoms with Gasteiger partial charge in [0.15, 0.2) is 5.65 Å². The molecule has 1 aliphatic rings. The van der Waals surface area contributed by atoms with Crippen LogP contribution in [0.15, 0.2) is 17.1 Å². The molecule has 0 radical (unpaired) electrons. The Kier molecular flexibility index (Phi) is 2.91. The van der Waals surface area contributed by atoms with Gasteiger partial charge in [-0.05, 0) is 25.8 Å². The van der Waals surface area contributed by atoms with Crippen LogP contribution in [0.5, 0.6) is 0 Å². The fourth-order valence-electron chi connectivity index (χ4n) is 2.59. The van der Waals surface area contributed by atoms with E-state index in [0.29, 0.717) is 0 Å². The lowest BCUT2D eigenvalue weighted by Crippen LogP contribution is -2.29. The minimum Gasteiger partial charge on any atom is -0.309 e. The van der Waals surface area contributed by atoms with E-state index in [-0.39, 0.29) is 11.6 Å². The highest BCUT2D eigenvalue weighted by Crippen LogP contribution is 2.21. The first-order valence-corrected chi connectivity index (χ1v) is 6.63. The second kappa shape index (κ2) is 4.57. The summed E-state index contributed by atoms with van der Waals surface area (Å²) in [6.07, 6.45) is 6.21. The molecule has 2 N–H and O–H groups in total. The normalized spacial score (nSPS) is 20.4. The van der Waals surface area contributed by atoms with E-state index in [0.717, 1.165) is 36.3 Å². The summed E-state index contributed by atoms with van der Waals surface area (Å²) in [6, 6.07) is 1.88. The quantitative estimate of drug-likeness (QED) is 0.842. The molecule has 1 saturated heterocycles. The molecule has 0 saturated carbocycles. The van der Waals surface area contributed by atoms with Crippen LogP contribution in [0.25, 0.3) is 5.65 Å². The van der Waals surface area contributed by atoms with Gasteiger partial charge < -0.3 is 5.32 Å². The molecular formula is C13H18N4O. The molecule has 2 aromatic heterocycles. The number of hydrogen-bond donors (Lipinski definition) is 2. The van der Waals surface area contributed by atoms with Gasteiger partial charge in [0, 0.05) is 23.9 Å². The number of aromatic amines is 1. The van der Waals surface area contributed by atoms with Gasteiger partial charge in [-0.25, -0.2) is 9.50 Å². The molecule has 3 heterocycles. The molecule has 0 spiro atoms. The maximum Gasteiger partial charge on any atom is 0.272 e. The summed E-state index contributed by atoms with van der Waals surface area (Å²) in [7, 11) is 0. The van der Waals surface area contributed by atoms with Crippen LogP contribution in [0.3, 0.4) is 0 Å². The SMILES string of the molecule is CCc1c[nH]n2c(=O)cc(C3CCCCN3)nc12. The van der Waals surface area contributed by atoms with Crippen molar-refractivity contribution in [2.75, 3.05) is 6.54 Å². The van der Waals surface area contributed by atoms with Crippen molar-refractivity contribution in [2.24, 2.45) is 0 Å². The fraction of sp³-hybridized carbons (Fsp3) is 0.538. The Bertz CT molecular complexity index is 607. The van der Waals surface area contributed by atoms with Crippen LogP contribution >= 0.6 is 0 Å². The van der Waals surface area contributed by atoms with Gasteiger partial charge >= 0.3 is 0 Å². The van der Waals surface area contributed by atoms with Gasteiger partial charge in [-0.1, -0.05) is 13.3 Å². The van der Waals surface area contributed by atoms with Crippen LogP contribution in [0, 0.1) is 0 Å². The summed E-state index contributed by atoms with van der Waals surface area (Å²) < 4.78 is 1.52. The molecule has 2 aromatic rings. The van der Waals surface area contributed by atoms with E-state index in [9.17, 15) is 4.79 Å². The Morgan fingerprint density at radius 3 is 3.11 bits per heavy atom. The molecule has 3 rings (SSSR count). The van der Waals surface area contributed by atoms with Gasteiger partial charge in [-0.15, -0.1) is 0 Å². The first-order valence-electron chi connectivity index (χ1n) is 6.63. The van der Waals surface area contributed by atoms with E-state index in [1.54, 1.807) is 6.07 Å². The summed E-state index contributed by atoms with van der Waals surface area (Å²) in [6.45, 7) is 3.08. The predicted octanol–water partition coefficient (Wildman–Crippen LogP) is 1.40. The minimum absolute atomic E-state index is 0.0259. The Labute approximate surface area is 105 Å². The summed E-state index contributed by atoms with van der Waals surface area (Å²) in [5.74, 6) is 0. The number of hydrogen-bond acceptors (Lipinski definition) is 3. The summed E-state index contributed by atoms with van der Waals surface area (Å²) >= 11 is 0. The van der Waals surface area contributed by atoms with Crippen molar-refractivity contribution in [3.05, 3.63) is 33.9 Å². The highest BCUT2D eigenvalue weighted by atomic mass is 16.1. The summed E-state index contributed by atoms with van der Waals surface area (Å²) in [5, 5.41) is 6.39. The van der Waals surface area contributed by atoms with Crippen molar-refractivity contribution in [3.8, 4) is 0 Å².